The number of hydrogen-bond donors (Lipinski definition) is 1. The molecular weight excluding hydrogens is 188 g/mol. The maximum Gasteiger partial charge on any atom is 0.114 e. The van der Waals surface area contributed by atoms with E-state index in [1.165, 1.54) is 5.69 Å². The summed E-state index contributed by atoms with van der Waals surface area (Å²) in [5.41, 5.74) is 1.18. The van der Waals surface area contributed by atoms with Crippen LogP contribution in [-0.2, 0) is 13.0 Å². The zero-order valence-electron chi connectivity index (χ0n) is 9.61. The summed E-state index contributed by atoms with van der Waals surface area (Å²) >= 11 is 0. The second-order valence-corrected chi connectivity index (χ2v) is 4.90. The van der Waals surface area contributed by atoms with Crippen molar-refractivity contribution in [3.05, 3.63) is 17.7 Å². The lowest BCUT2D eigenvalue weighted by Gasteiger charge is -2.21. The summed E-state index contributed by atoms with van der Waals surface area (Å²) in [4.78, 5) is 4.65. The molecule has 0 amide bonds. The van der Waals surface area contributed by atoms with Crippen molar-refractivity contribution in [3.63, 3.8) is 0 Å². The first-order valence-electron chi connectivity index (χ1n) is 5.87. The Kier molecular flexibility index (Phi) is 3.10. The molecule has 1 N–H and O–H groups in total. The summed E-state index contributed by atoms with van der Waals surface area (Å²) in [5, 5.41) is 9.28. The van der Waals surface area contributed by atoms with Crippen LogP contribution in [0.4, 0.5) is 0 Å². The fourth-order valence-electron chi connectivity index (χ4n) is 2.32. The van der Waals surface area contributed by atoms with Crippen LogP contribution in [-0.4, -0.2) is 21.3 Å². The zero-order valence-corrected chi connectivity index (χ0v) is 9.61. The number of rotatable bonds is 3. The minimum Gasteiger partial charge on any atom is -0.396 e. The van der Waals surface area contributed by atoms with Crippen molar-refractivity contribution in [2.24, 2.45) is 5.92 Å². The summed E-state index contributed by atoms with van der Waals surface area (Å²) in [7, 11) is 0. The average molecular weight is 208 g/mol. The van der Waals surface area contributed by atoms with Crippen molar-refractivity contribution in [2.45, 2.75) is 45.6 Å². The van der Waals surface area contributed by atoms with Crippen LogP contribution >= 0.6 is 0 Å². The predicted octanol–water partition coefficient (Wildman–Crippen LogP) is 1.95. The number of aliphatic hydroxyl groups is 1. The molecule has 1 aliphatic heterocycles. The van der Waals surface area contributed by atoms with Crippen molar-refractivity contribution >= 4 is 0 Å². The van der Waals surface area contributed by atoms with Gasteiger partial charge in [-0.15, -0.1) is 0 Å². The Morgan fingerprint density at radius 2 is 2.40 bits per heavy atom. The highest BCUT2D eigenvalue weighted by molar-refractivity contribution is 5.11. The maximum atomic E-state index is 9.28. The van der Waals surface area contributed by atoms with Crippen molar-refractivity contribution in [1.82, 2.24) is 9.55 Å². The number of aromatic nitrogens is 2. The van der Waals surface area contributed by atoms with Crippen molar-refractivity contribution in [2.75, 3.05) is 6.61 Å². The van der Waals surface area contributed by atoms with Gasteiger partial charge in [0.1, 0.15) is 5.82 Å². The van der Waals surface area contributed by atoms with Gasteiger partial charge in [0.15, 0.2) is 0 Å². The number of aliphatic hydroxyl groups excluding tert-OH is 1. The number of hydrogen-bond acceptors (Lipinski definition) is 2. The Morgan fingerprint density at radius 1 is 1.60 bits per heavy atom. The highest BCUT2D eigenvalue weighted by Crippen LogP contribution is 2.26. The van der Waals surface area contributed by atoms with Gasteiger partial charge in [0.25, 0.3) is 0 Å². The SMILES string of the molecule is CC(C)Cc1cn2c(n1)C(CO)CCC2. The number of imidazole rings is 1. The summed E-state index contributed by atoms with van der Waals surface area (Å²) in [5.74, 6) is 2.01. The zero-order chi connectivity index (χ0) is 10.8. The van der Waals surface area contributed by atoms with Crippen LogP contribution in [0, 0.1) is 5.92 Å². The average Bonchev–Trinajstić information content (AvgIpc) is 2.58. The lowest BCUT2D eigenvalue weighted by atomic mass is 10.0. The van der Waals surface area contributed by atoms with E-state index in [1.54, 1.807) is 0 Å². The van der Waals surface area contributed by atoms with E-state index in [0.29, 0.717) is 5.92 Å². The van der Waals surface area contributed by atoms with Crippen molar-refractivity contribution in [3.8, 4) is 0 Å². The van der Waals surface area contributed by atoms with Gasteiger partial charge in [-0.1, -0.05) is 13.8 Å². The van der Waals surface area contributed by atoms with Crippen LogP contribution in [0.15, 0.2) is 6.20 Å². The molecule has 0 radical (unpaired) electrons. The molecule has 0 saturated carbocycles. The highest BCUT2D eigenvalue weighted by Gasteiger charge is 2.22. The summed E-state index contributed by atoms with van der Waals surface area (Å²) in [6.45, 7) is 5.72. The van der Waals surface area contributed by atoms with Crippen molar-refractivity contribution < 1.29 is 5.11 Å². The molecular formula is C12H20N2O. The van der Waals surface area contributed by atoms with E-state index in [9.17, 15) is 5.11 Å². The standard InChI is InChI=1S/C12H20N2O/c1-9(2)6-11-7-14-5-3-4-10(8-15)12(14)13-11/h7,9-10,15H,3-6,8H2,1-2H3. The van der Waals surface area contributed by atoms with Crippen LogP contribution in [0.2, 0.25) is 0 Å². The highest BCUT2D eigenvalue weighted by atomic mass is 16.3. The first-order valence-corrected chi connectivity index (χ1v) is 5.87. The van der Waals surface area contributed by atoms with Crippen molar-refractivity contribution in [1.29, 1.82) is 0 Å². The first kappa shape index (κ1) is 10.7. The Balaban J connectivity index is 2.21. The summed E-state index contributed by atoms with van der Waals surface area (Å²) < 4.78 is 2.22. The number of fused-ring (bicyclic) bond motifs is 1. The normalized spacial score (nSPS) is 20.7. The molecule has 0 saturated heterocycles. The molecule has 2 rings (SSSR count). The van der Waals surface area contributed by atoms with Crippen LogP contribution in [0.3, 0.4) is 0 Å². The van der Waals surface area contributed by atoms with E-state index in [2.05, 4.69) is 29.6 Å². The van der Waals surface area contributed by atoms with Crippen LogP contribution in [0.25, 0.3) is 0 Å². The molecule has 0 bridgehead atoms. The minimum absolute atomic E-state index is 0.234. The van der Waals surface area contributed by atoms with E-state index >= 15 is 0 Å². The Bertz CT molecular complexity index is 330. The molecule has 15 heavy (non-hydrogen) atoms. The van der Waals surface area contributed by atoms with Gasteiger partial charge in [-0.3, -0.25) is 0 Å². The van der Waals surface area contributed by atoms with E-state index < -0.39 is 0 Å². The second kappa shape index (κ2) is 4.35. The molecule has 2 heterocycles. The molecule has 0 aliphatic carbocycles. The lowest BCUT2D eigenvalue weighted by Crippen LogP contribution is -2.18. The number of nitrogens with zero attached hydrogens (tertiary/aromatic N) is 2. The molecule has 1 aliphatic rings. The molecule has 84 valence electrons. The summed E-state index contributed by atoms with van der Waals surface area (Å²) in [6, 6.07) is 0. The van der Waals surface area contributed by atoms with Gasteiger partial charge in [-0.25, -0.2) is 4.98 Å². The molecule has 1 aromatic heterocycles. The van der Waals surface area contributed by atoms with E-state index in [0.717, 1.165) is 31.6 Å². The van der Waals surface area contributed by atoms with Gasteiger partial charge >= 0.3 is 0 Å². The molecule has 3 nitrogen and oxygen atoms in total. The third-order valence-electron chi connectivity index (χ3n) is 3.01. The van der Waals surface area contributed by atoms with E-state index in [4.69, 9.17) is 0 Å². The molecule has 1 atom stereocenters. The van der Waals surface area contributed by atoms with Gasteiger partial charge in [-0.2, -0.15) is 0 Å². The maximum absolute atomic E-state index is 9.28. The van der Waals surface area contributed by atoms with E-state index in [1.807, 2.05) is 0 Å². The second-order valence-electron chi connectivity index (χ2n) is 4.90. The smallest absolute Gasteiger partial charge is 0.114 e. The fourth-order valence-corrected chi connectivity index (χ4v) is 2.32. The molecule has 1 aromatic rings. The van der Waals surface area contributed by atoms with Crippen LogP contribution < -0.4 is 0 Å². The third-order valence-corrected chi connectivity index (χ3v) is 3.01. The van der Waals surface area contributed by atoms with Gasteiger partial charge < -0.3 is 9.67 Å². The lowest BCUT2D eigenvalue weighted by molar-refractivity contribution is 0.238. The van der Waals surface area contributed by atoms with Gasteiger partial charge in [-0.05, 0) is 25.2 Å². The summed E-state index contributed by atoms with van der Waals surface area (Å²) in [6.07, 6.45) is 5.44. The molecule has 0 spiro atoms. The van der Waals surface area contributed by atoms with Crippen LogP contribution in [0.5, 0.6) is 0 Å². The molecule has 0 fully saturated rings. The fraction of sp³-hybridized carbons (Fsp3) is 0.750. The topological polar surface area (TPSA) is 38.0 Å². The Hall–Kier alpha value is -0.830. The molecule has 1 unspecified atom stereocenters. The van der Waals surface area contributed by atoms with Crippen LogP contribution in [0.1, 0.15) is 44.1 Å². The van der Waals surface area contributed by atoms with Gasteiger partial charge in [0.05, 0.1) is 12.3 Å². The predicted molar refractivity (Wildman–Crippen MR) is 59.8 cm³/mol. The monoisotopic (exact) mass is 208 g/mol. The minimum atomic E-state index is 0.234. The Labute approximate surface area is 91.1 Å². The Morgan fingerprint density at radius 3 is 3.07 bits per heavy atom. The first-order chi connectivity index (χ1) is 7.20. The molecule has 0 aromatic carbocycles. The third kappa shape index (κ3) is 2.23. The molecule has 3 heteroatoms. The quantitative estimate of drug-likeness (QED) is 0.824. The number of aryl methyl sites for hydroxylation is 1. The van der Waals surface area contributed by atoms with Gasteiger partial charge in [0.2, 0.25) is 0 Å². The van der Waals surface area contributed by atoms with E-state index in [-0.39, 0.29) is 12.5 Å². The largest absolute Gasteiger partial charge is 0.396 e. The van der Waals surface area contributed by atoms with Gasteiger partial charge in [0, 0.05) is 18.7 Å².